The van der Waals surface area contributed by atoms with Gasteiger partial charge in [-0.1, -0.05) is 12.1 Å². The molecule has 2 rings (SSSR count). The first-order chi connectivity index (χ1) is 11.8. The summed E-state index contributed by atoms with van der Waals surface area (Å²) < 4.78 is 44.2. The Morgan fingerprint density at radius 1 is 1.04 bits per heavy atom. The molecule has 130 valence electrons. The summed E-state index contributed by atoms with van der Waals surface area (Å²) in [5, 5.41) is 2.14. The molecule has 0 bridgehead atoms. The molecule has 0 fully saturated rings. The zero-order valence-electron chi connectivity index (χ0n) is 13.1. The smallest absolute Gasteiger partial charge is 0.331 e. The first-order valence-electron chi connectivity index (χ1n) is 7.25. The minimum absolute atomic E-state index is 0.352. The number of carbonyl (C=O) groups is 2. The molecule has 1 N–H and O–H groups in total. The van der Waals surface area contributed by atoms with E-state index in [9.17, 15) is 22.8 Å². The summed E-state index contributed by atoms with van der Waals surface area (Å²) in [6.07, 6.45) is 1.23. The fraction of sp³-hybridized carbons (Fsp3) is 0.111. The Balaban J connectivity index is 1.92. The molecule has 0 aliphatic heterocycles. The summed E-state index contributed by atoms with van der Waals surface area (Å²) in [6, 6.07) is 7.98. The summed E-state index contributed by atoms with van der Waals surface area (Å²) in [5.41, 5.74) is 0.215. The van der Waals surface area contributed by atoms with E-state index in [0.717, 1.165) is 24.3 Å². The van der Waals surface area contributed by atoms with E-state index in [1.165, 1.54) is 37.3 Å². The SMILES string of the molecule is CC(OC(=O)/C=C/c1ccc(F)cc1)C(=O)Nc1cc(F)ccc1F. The van der Waals surface area contributed by atoms with Crippen molar-refractivity contribution in [1.29, 1.82) is 0 Å². The van der Waals surface area contributed by atoms with Crippen LogP contribution >= 0.6 is 0 Å². The maximum Gasteiger partial charge on any atom is 0.331 e. The molecule has 0 aliphatic rings. The van der Waals surface area contributed by atoms with Crippen LogP contribution in [0.4, 0.5) is 18.9 Å². The third kappa shape index (κ3) is 5.49. The van der Waals surface area contributed by atoms with Crippen molar-refractivity contribution in [2.24, 2.45) is 0 Å². The Morgan fingerprint density at radius 3 is 2.36 bits per heavy atom. The van der Waals surface area contributed by atoms with Crippen LogP contribution in [0, 0.1) is 17.5 Å². The molecule has 7 heteroatoms. The molecule has 1 atom stereocenters. The van der Waals surface area contributed by atoms with Crippen LogP contribution < -0.4 is 5.32 Å². The van der Waals surface area contributed by atoms with Crippen LogP contribution in [0.5, 0.6) is 0 Å². The molecule has 0 saturated carbocycles. The molecular formula is C18H14F3NO3. The number of esters is 1. The van der Waals surface area contributed by atoms with Crippen molar-refractivity contribution in [2.75, 3.05) is 5.32 Å². The second-order valence-electron chi connectivity index (χ2n) is 5.08. The number of hydrogen-bond acceptors (Lipinski definition) is 3. The van der Waals surface area contributed by atoms with Crippen LogP contribution in [-0.4, -0.2) is 18.0 Å². The van der Waals surface area contributed by atoms with E-state index >= 15 is 0 Å². The average Bonchev–Trinajstić information content (AvgIpc) is 2.57. The van der Waals surface area contributed by atoms with Crippen LogP contribution in [-0.2, 0) is 14.3 Å². The molecule has 1 unspecified atom stereocenters. The second kappa shape index (κ2) is 8.14. The molecular weight excluding hydrogens is 335 g/mol. The molecule has 0 aliphatic carbocycles. The van der Waals surface area contributed by atoms with Gasteiger partial charge in [-0.15, -0.1) is 0 Å². The fourth-order valence-corrected chi connectivity index (χ4v) is 1.83. The highest BCUT2D eigenvalue weighted by Crippen LogP contribution is 2.16. The van der Waals surface area contributed by atoms with Gasteiger partial charge >= 0.3 is 5.97 Å². The Labute approximate surface area is 141 Å². The van der Waals surface area contributed by atoms with Crippen molar-refractivity contribution < 1.29 is 27.5 Å². The minimum Gasteiger partial charge on any atom is -0.449 e. The van der Waals surface area contributed by atoms with Gasteiger partial charge in [-0.05, 0) is 42.8 Å². The Morgan fingerprint density at radius 2 is 1.68 bits per heavy atom. The third-order valence-electron chi connectivity index (χ3n) is 3.13. The van der Waals surface area contributed by atoms with Gasteiger partial charge in [0.15, 0.2) is 6.10 Å². The van der Waals surface area contributed by atoms with E-state index in [0.29, 0.717) is 5.56 Å². The molecule has 25 heavy (non-hydrogen) atoms. The fourth-order valence-electron chi connectivity index (χ4n) is 1.83. The first-order valence-corrected chi connectivity index (χ1v) is 7.25. The number of ether oxygens (including phenoxy) is 1. The summed E-state index contributed by atoms with van der Waals surface area (Å²) in [6.45, 7) is 1.29. The summed E-state index contributed by atoms with van der Waals surface area (Å²) in [7, 11) is 0. The van der Waals surface area contributed by atoms with Crippen LogP contribution in [0.25, 0.3) is 6.08 Å². The molecule has 2 aromatic rings. The highest BCUT2D eigenvalue weighted by molar-refractivity contribution is 5.96. The summed E-state index contributed by atoms with van der Waals surface area (Å²) in [5.74, 6) is -3.57. The number of carbonyl (C=O) groups excluding carboxylic acids is 2. The molecule has 2 aromatic carbocycles. The number of amides is 1. The zero-order valence-corrected chi connectivity index (χ0v) is 13.1. The van der Waals surface area contributed by atoms with Gasteiger partial charge in [-0.3, -0.25) is 4.79 Å². The van der Waals surface area contributed by atoms with E-state index in [4.69, 9.17) is 4.74 Å². The van der Waals surface area contributed by atoms with Crippen molar-refractivity contribution in [3.8, 4) is 0 Å². The highest BCUT2D eigenvalue weighted by atomic mass is 19.1. The first kappa shape index (κ1) is 18.3. The third-order valence-corrected chi connectivity index (χ3v) is 3.13. The summed E-state index contributed by atoms with van der Waals surface area (Å²) in [4.78, 5) is 23.6. The Kier molecular flexibility index (Phi) is 5.94. The van der Waals surface area contributed by atoms with Crippen molar-refractivity contribution in [1.82, 2.24) is 0 Å². The topological polar surface area (TPSA) is 55.4 Å². The van der Waals surface area contributed by atoms with Gasteiger partial charge in [-0.25, -0.2) is 18.0 Å². The number of hydrogen-bond donors (Lipinski definition) is 1. The van der Waals surface area contributed by atoms with E-state index in [1.54, 1.807) is 0 Å². The highest BCUT2D eigenvalue weighted by Gasteiger charge is 2.18. The lowest BCUT2D eigenvalue weighted by Crippen LogP contribution is -2.29. The predicted molar refractivity (Wildman–Crippen MR) is 86.0 cm³/mol. The Bertz CT molecular complexity index is 804. The van der Waals surface area contributed by atoms with Crippen LogP contribution in [0.2, 0.25) is 0 Å². The average molecular weight is 349 g/mol. The lowest BCUT2D eigenvalue weighted by Gasteiger charge is -2.12. The molecule has 0 spiro atoms. The van der Waals surface area contributed by atoms with Gasteiger partial charge < -0.3 is 10.1 Å². The van der Waals surface area contributed by atoms with Crippen molar-refractivity contribution in [2.45, 2.75) is 13.0 Å². The molecule has 4 nitrogen and oxygen atoms in total. The lowest BCUT2D eigenvalue weighted by atomic mass is 10.2. The predicted octanol–water partition coefficient (Wildman–Crippen LogP) is 3.69. The van der Waals surface area contributed by atoms with Crippen molar-refractivity contribution in [3.05, 3.63) is 71.6 Å². The largest absolute Gasteiger partial charge is 0.449 e. The van der Waals surface area contributed by atoms with Gasteiger partial charge in [0.25, 0.3) is 5.91 Å². The second-order valence-corrected chi connectivity index (χ2v) is 5.08. The molecule has 0 heterocycles. The number of benzene rings is 2. The molecule has 0 saturated heterocycles. The van der Waals surface area contributed by atoms with Crippen molar-refractivity contribution in [3.63, 3.8) is 0 Å². The van der Waals surface area contributed by atoms with E-state index in [-0.39, 0.29) is 5.69 Å². The normalized spacial score (nSPS) is 12.0. The maximum atomic E-state index is 13.5. The van der Waals surface area contributed by atoms with Crippen LogP contribution in [0.1, 0.15) is 12.5 Å². The van der Waals surface area contributed by atoms with Crippen LogP contribution in [0.3, 0.4) is 0 Å². The van der Waals surface area contributed by atoms with Gasteiger partial charge in [-0.2, -0.15) is 0 Å². The lowest BCUT2D eigenvalue weighted by molar-refractivity contribution is -0.148. The molecule has 0 radical (unpaired) electrons. The number of nitrogens with one attached hydrogen (secondary N) is 1. The van der Waals surface area contributed by atoms with Gasteiger partial charge in [0.05, 0.1) is 5.69 Å². The van der Waals surface area contributed by atoms with Crippen LogP contribution in [0.15, 0.2) is 48.5 Å². The molecule has 0 aromatic heterocycles. The van der Waals surface area contributed by atoms with Gasteiger partial charge in [0, 0.05) is 12.1 Å². The Hall–Kier alpha value is -3.09. The van der Waals surface area contributed by atoms with Gasteiger partial charge in [0.1, 0.15) is 17.5 Å². The minimum atomic E-state index is -1.23. The standard InChI is InChI=1S/C18H14F3NO3/c1-11(18(24)22-16-10-14(20)7-8-15(16)21)25-17(23)9-4-12-2-5-13(19)6-3-12/h2-11H,1H3,(H,22,24)/b9-4+. The van der Waals surface area contributed by atoms with Gasteiger partial charge in [0.2, 0.25) is 0 Å². The monoisotopic (exact) mass is 349 g/mol. The van der Waals surface area contributed by atoms with E-state index in [2.05, 4.69) is 5.32 Å². The number of halogens is 3. The summed E-state index contributed by atoms with van der Waals surface area (Å²) >= 11 is 0. The number of anilines is 1. The molecule has 1 amide bonds. The van der Waals surface area contributed by atoms with Crippen molar-refractivity contribution >= 4 is 23.6 Å². The maximum absolute atomic E-state index is 13.5. The quantitative estimate of drug-likeness (QED) is 0.662. The number of rotatable bonds is 5. The van der Waals surface area contributed by atoms with E-state index < -0.39 is 35.4 Å². The zero-order chi connectivity index (χ0) is 18.4. The van der Waals surface area contributed by atoms with E-state index in [1.807, 2.05) is 0 Å².